The number of hydrogen-bond donors (Lipinski definition) is 3. The van der Waals surface area contributed by atoms with E-state index in [-0.39, 0.29) is 19.0 Å². The third kappa shape index (κ3) is 4.00. The second kappa shape index (κ2) is 9.84. The minimum Gasteiger partial charge on any atom is -0.504 e. The lowest BCUT2D eigenvalue weighted by molar-refractivity contribution is 0.112. The summed E-state index contributed by atoms with van der Waals surface area (Å²) < 4.78 is 28.9. The van der Waals surface area contributed by atoms with Crippen molar-refractivity contribution in [3.05, 3.63) is 70.3 Å². The van der Waals surface area contributed by atoms with Crippen LogP contribution in [0.15, 0.2) is 42.5 Å². The second-order valence-corrected chi connectivity index (χ2v) is 8.99. The first-order valence-corrected chi connectivity index (χ1v) is 11.8. The van der Waals surface area contributed by atoms with E-state index in [9.17, 15) is 20.1 Å². The van der Waals surface area contributed by atoms with Crippen LogP contribution in [0.4, 0.5) is 0 Å². The molecule has 0 saturated heterocycles. The number of aliphatic hydroxyl groups excluding tert-OH is 2. The molecule has 2 aliphatic heterocycles. The quantitative estimate of drug-likeness (QED) is 0.391. The van der Waals surface area contributed by atoms with Crippen molar-refractivity contribution < 1.29 is 43.8 Å². The Hall–Kier alpha value is -3.95. The smallest absolute Gasteiger partial charge is 0.165 e. The summed E-state index contributed by atoms with van der Waals surface area (Å²) in [5, 5.41) is 30.7. The van der Waals surface area contributed by atoms with Crippen molar-refractivity contribution in [3.8, 4) is 34.5 Å². The lowest BCUT2D eigenvalue weighted by atomic mass is 9.87. The first-order chi connectivity index (χ1) is 18.0. The highest BCUT2D eigenvalue weighted by atomic mass is 16.5. The van der Waals surface area contributed by atoms with Gasteiger partial charge in [0.15, 0.2) is 34.5 Å². The van der Waals surface area contributed by atoms with E-state index in [4.69, 9.17) is 23.7 Å². The highest BCUT2D eigenvalue weighted by Gasteiger charge is 2.42. The van der Waals surface area contributed by atoms with E-state index in [2.05, 4.69) is 0 Å². The molecule has 0 saturated carbocycles. The van der Waals surface area contributed by atoms with E-state index in [0.717, 1.165) is 17.4 Å². The lowest BCUT2D eigenvalue weighted by Gasteiger charge is -2.20. The van der Waals surface area contributed by atoms with Crippen molar-refractivity contribution in [1.82, 2.24) is 0 Å². The van der Waals surface area contributed by atoms with Gasteiger partial charge in [0.1, 0.15) is 18.5 Å². The fourth-order valence-electron chi connectivity index (χ4n) is 5.23. The van der Waals surface area contributed by atoms with Crippen LogP contribution in [0.5, 0.6) is 34.5 Å². The molecule has 4 atom stereocenters. The van der Waals surface area contributed by atoms with Gasteiger partial charge in [0.05, 0.1) is 46.4 Å². The zero-order chi connectivity index (χ0) is 26.3. The molecule has 3 aromatic rings. The first kappa shape index (κ1) is 24.7. The van der Waals surface area contributed by atoms with Crippen LogP contribution < -0.4 is 23.7 Å². The normalized spacial score (nSPS) is 21.4. The van der Waals surface area contributed by atoms with Gasteiger partial charge < -0.3 is 39.0 Å². The molecule has 37 heavy (non-hydrogen) atoms. The van der Waals surface area contributed by atoms with Crippen molar-refractivity contribution in [2.75, 3.05) is 34.5 Å². The SMILES string of the molecule is COc1cc([C@H]2Oc3c(OC)cc(C4Oc5c(OC)cc(C=O)cc5[C@@H]4CO)cc3[C@@H]2CO)ccc1O. The van der Waals surface area contributed by atoms with E-state index >= 15 is 0 Å². The Kier molecular flexibility index (Phi) is 6.57. The lowest BCUT2D eigenvalue weighted by Crippen LogP contribution is -2.15. The fraction of sp³-hybridized carbons (Fsp3) is 0.321. The zero-order valence-electron chi connectivity index (χ0n) is 20.6. The van der Waals surface area contributed by atoms with Crippen molar-refractivity contribution in [2.45, 2.75) is 24.0 Å². The van der Waals surface area contributed by atoms with Crippen LogP contribution in [0.1, 0.15) is 56.7 Å². The molecule has 0 radical (unpaired) electrons. The van der Waals surface area contributed by atoms with Gasteiger partial charge in [0.25, 0.3) is 0 Å². The second-order valence-electron chi connectivity index (χ2n) is 8.99. The molecule has 9 nitrogen and oxygen atoms in total. The molecule has 2 heterocycles. The molecular formula is C28H28O9. The van der Waals surface area contributed by atoms with Gasteiger partial charge in [-0.25, -0.2) is 0 Å². The molecule has 0 fully saturated rings. The first-order valence-electron chi connectivity index (χ1n) is 11.8. The highest BCUT2D eigenvalue weighted by molar-refractivity contribution is 5.78. The number of benzene rings is 3. The Morgan fingerprint density at radius 3 is 1.86 bits per heavy atom. The van der Waals surface area contributed by atoms with Crippen LogP contribution >= 0.6 is 0 Å². The van der Waals surface area contributed by atoms with Gasteiger partial charge in [0, 0.05) is 16.7 Å². The Morgan fingerprint density at radius 1 is 0.757 bits per heavy atom. The number of rotatable bonds is 8. The van der Waals surface area contributed by atoms with E-state index in [1.54, 1.807) is 30.3 Å². The molecule has 0 spiro atoms. The molecule has 0 aromatic heterocycles. The molecular weight excluding hydrogens is 480 g/mol. The molecule has 3 N–H and O–H groups in total. The molecule has 1 unspecified atom stereocenters. The summed E-state index contributed by atoms with van der Waals surface area (Å²) in [6.07, 6.45) is -0.420. The predicted octanol–water partition coefficient (Wildman–Crippen LogP) is 3.65. The average molecular weight is 509 g/mol. The molecule has 0 aliphatic carbocycles. The average Bonchev–Trinajstić information content (AvgIpc) is 3.50. The van der Waals surface area contributed by atoms with Crippen molar-refractivity contribution in [2.24, 2.45) is 0 Å². The maximum atomic E-state index is 11.5. The molecule has 5 rings (SSSR count). The standard InChI is InChI=1S/C28H28O9/c1-33-22-9-15(4-5-21(22)32)25-20(13-31)18-8-16(10-24(35-3)28(18)36-25)26-19(12-30)17-6-14(11-29)7-23(34-2)27(17)37-26/h4-11,19-20,25-26,30-32H,12-13H2,1-3H3/t19-,20-,25+,26?/m0/s1. The highest BCUT2D eigenvalue weighted by Crippen LogP contribution is 2.55. The molecule has 9 heteroatoms. The topological polar surface area (TPSA) is 124 Å². The van der Waals surface area contributed by atoms with E-state index in [1.807, 2.05) is 6.07 Å². The third-order valence-corrected chi connectivity index (χ3v) is 7.06. The van der Waals surface area contributed by atoms with Gasteiger partial charge in [-0.05, 0) is 47.5 Å². The van der Waals surface area contributed by atoms with Crippen LogP contribution in [0.2, 0.25) is 0 Å². The van der Waals surface area contributed by atoms with Crippen molar-refractivity contribution in [3.63, 3.8) is 0 Å². The van der Waals surface area contributed by atoms with Gasteiger partial charge in [0.2, 0.25) is 0 Å². The summed E-state index contributed by atoms with van der Waals surface area (Å²) in [5.41, 5.74) is 3.26. The summed E-state index contributed by atoms with van der Waals surface area (Å²) in [4.78, 5) is 11.5. The van der Waals surface area contributed by atoms with Gasteiger partial charge in [-0.15, -0.1) is 0 Å². The van der Waals surface area contributed by atoms with Crippen LogP contribution in [-0.2, 0) is 0 Å². The van der Waals surface area contributed by atoms with E-state index in [0.29, 0.717) is 45.4 Å². The number of fused-ring (bicyclic) bond motifs is 2. The molecule has 2 aliphatic rings. The van der Waals surface area contributed by atoms with Gasteiger partial charge in [-0.3, -0.25) is 4.79 Å². The number of hydrogen-bond acceptors (Lipinski definition) is 9. The van der Waals surface area contributed by atoms with Gasteiger partial charge in [-0.1, -0.05) is 6.07 Å². The van der Waals surface area contributed by atoms with Crippen molar-refractivity contribution in [1.29, 1.82) is 0 Å². The largest absolute Gasteiger partial charge is 0.504 e. The predicted molar refractivity (Wildman–Crippen MR) is 132 cm³/mol. The number of phenolic OH excluding ortho intramolecular Hbond substituents is 1. The summed E-state index contributed by atoms with van der Waals surface area (Å²) in [6, 6.07) is 11.9. The van der Waals surface area contributed by atoms with Crippen LogP contribution in [0.3, 0.4) is 0 Å². The Bertz CT molecular complexity index is 1340. The fourth-order valence-corrected chi connectivity index (χ4v) is 5.23. The summed E-state index contributed by atoms with van der Waals surface area (Å²) in [5.74, 6) is 1.24. The number of methoxy groups -OCH3 is 3. The molecule has 0 amide bonds. The Labute approximate surface area is 213 Å². The number of carbonyl (C=O) groups is 1. The minimum absolute atomic E-state index is 0.00309. The number of phenols is 1. The zero-order valence-corrected chi connectivity index (χ0v) is 20.6. The summed E-state index contributed by atoms with van der Waals surface area (Å²) >= 11 is 0. The van der Waals surface area contributed by atoms with Crippen LogP contribution in [-0.4, -0.2) is 56.1 Å². The van der Waals surface area contributed by atoms with Crippen molar-refractivity contribution >= 4 is 6.29 Å². The Morgan fingerprint density at radius 2 is 1.30 bits per heavy atom. The van der Waals surface area contributed by atoms with E-state index in [1.165, 1.54) is 27.4 Å². The van der Waals surface area contributed by atoms with E-state index < -0.39 is 24.0 Å². The van der Waals surface area contributed by atoms with Gasteiger partial charge >= 0.3 is 0 Å². The number of ether oxygens (including phenoxy) is 5. The summed E-state index contributed by atoms with van der Waals surface area (Å²) in [6.45, 7) is -0.433. The maximum absolute atomic E-state index is 11.5. The molecule has 3 aromatic carbocycles. The number of aldehydes is 1. The van der Waals surface area contributed by atoms with Crippen LogP contribution in [0.25, 0.3) is 0 Å². The monoisotopic (exact) mass is 508 g/mol. The van der Waals surface area contributed by atoms with Crippen LogP contribution in [0, 0.1) is 0 Å². The minimum atomic E-state index is -0.595. The number of aromatic hydroxyl groups is 1. The third-order valence-electron chi connectivity index (χ3n) is 7.06. The van der Waals surface area contributed by atoms with Gasteiger partial charge in [-0.2, -0.15) is 0 Å². The molecule has 0 bridgehead atoms. The molecule has 194 valence electrons. The summed E-state index contributed by atoms with van der Waals surface area (Å²) in [7, 11) is 4.49. The number of aliphatic hydroxyl groups is 2. The maximum Gasteiger partial charge on any atom is 0.165 e. The number of carbonyl (C=O) groups excluding carboxylic acids is 1. The Balaban J connectivity index is 1.57.